The second-order valence-electron chi connectivity index (χ2n) is 5.94. The number of hydrogen-bond acceptors (Lipinski definition) is 6. The first-order chi connectivity index (χ1) is 11.5. The van der Waals surface area contributed by atoms with Crippen LogP contribution in [0.15, 0.2) is 24.3 Å². The highest BCUT2D eigenvalue weighted by atomic mass is 16.8. The molecule has 0 aromatic heterocycles. The van der Waals surface area contributed by atoms with E-state index in [0.29, 0.717) is 12.8 Å². The number of ether oxygens (including phenoxy) is 1. The fraction of sp³-hybridized carbons (Fsp3) is 0.500. The van der Waals surface area contributed by atoms with E-state index in [2.05, 4.69) is 5.32 Å². The molecule has 0 radical (unpaired) electrons. The third-order valence-corrected chi connectivity index (χ3v) is 3.91. The molecule has 0 aliphatic carbocycles. The van der Waals surface area contributed by atoms with Gasteiger partial charge in [0.1, 0.15) is 11.8 Å². The molecule has 1 saturated heterocycles. The van der Waals surface area contributed by atoms with Crippen molar-refractivity contribution in [2.75, 3.05) is 7.11 Å². The third-order valence-electron chi connectivity index (χ3n) is 3.91. The molecule has 8 nitrogen and oxygen atoms in total. The largest absolute Gasteiger partial charge is 0.497 e. The minimum absolute atomic E-state index is 0.184. The number of urea groups is 1. The van der Waals surface area contributed by atoms with E-state index in [-0.39, 0.29) is 11.8 Å². The summed E-state index contributed by atoms with van der Waals surface area (Å²) < 4.78 is 5.17. The fourth-order valence-electron chi connectivity index (χ4n) is 2.66. The molecule has 1 aromatic carbocycles. The zero-order valence-electron chi connectivity index (χ0n) is 14.0. The van der Waals surface area contributed by atoms with Crippen molar-refractivity contribution in [3.63, 3.8) is 0 Å². The van der Waals surface area contributed by atoms with Crippen LogP contribution in [0.25, 0.3) is 0 Å². The number of benzene rings is 1. The van der Waals surface area contributed by atoms with Gasteiger partial charge >= 0.3 is 6.03 Å². The van der Waals surface area contributed by atoms with E-state index in [1.165, 1.54) is 0 Å². The molecule has 2 atom stereocenters. The van der Waals surface area contributed by atoms with Crippen molar-refractivity contribution < 1.29 is 24.4 Å². The number of imide groups is 1. The Kier molecular flexibility index (Phi) is 6.13. The van der Waals surface area contributed by atoms with Crippen LogP contribution in [-0.2, 0) is 16.1 Å². The van der Waals surface area contributed by atoms with E-state index < -0.39 is 18.3 Å². The molecule has 1 fully saturated rings. The summed E-state index contributed by atoms with van der Waals surface area (Å²) in [5, 5.41) is 11.4. The Morgan fingerprint density at radius 3 is 2.75 bits per heavy atom. The summed E-state index contributed by atoms with van der Waals surface area (Å²) in [5.74, 6) is 0.200. The zero-order valence-corrected chi connectivity index (χ0v) is 14.0. The van der Waals surface area contributed by atoms with E-state index in [1.807, 2.05) is 24.3 Å². The monoisotopic (exact) mass is 337 g/mol. The molecule has 0 bridgehead atoms. The van der Waals surface area contributed by atoms with Crippen LogP contribution in [0.5, 0.6) is 5.75 Å². The van der Waals surface area contributed by atoms with Gasteiger partial charge in [0, 0.05) is 5.92 Å². The summed E-state index contributed by atoms with van der Waals surface area (Å²) in [7, 11) is 1.60. The highest BCUT2D eigenvalue weighted by Crippen LogP contribution is 2.21. The first-order valence-electron chi connectivity index (χ1n) is 7.79. The first-order valence-corrected chi connectivity index (χ1v) is 7.79. The minimum atomic E-state index is -0.885. The number of nitrogens with zero attached hydrogens (tertiary/aromatic N) is 1. The van der Waals surface area contributed by atoms with Crippen LogP contribution in [-0.4, -0.2) is 41.4 Å². The van der Waals surface area contributed by atoms with Crippen LogP contribution in [0.3, 0.4) is 0 Å². The molecule has 1 aliphatic heterocycles. The van der Waals surface area contributed by atoms with Crippen LogP contribution in [0.1, 0.15) is 25.8 Å². The van der Waals surface area contributed by atoms with Gasteiger partial charge in [-0.15, -0.1) is 0 Å². The van der Waals surface area contributed by atoms with Gasteiger partial charge in [-0.05, 0) is 30.5 Å². The summed E-state index contributed by atoms with van der Waals surface area (Å²) in [5.41, 5.74) is 2.58. The van der Waals surface area contributed by atoms with Gasteiger partial charge in [0.2, 0.25) is 0 Å². The minimum Gasteiger partial charge on any atom is -0.497 e. The van der Waals surface area contributed by atoms with Crippen molar-refractivity contribution >= 4 is 11.9 Å². The van der Waals surface area contributed by atoms with E-state index in [4.69, 9.17) is 14.8 Å². The van der Waals surface area contributed by atoms with Crippen LogP contribution in [0.4, 0.5) is 4.79 Å². The average molecular weight is 337 g/mol. The summed E-state index contributed by atoms with van der Waals surface area (Å²) in [6.07, 6.45) is 0.197. The Morgan fingerprint density at radius 1 is 1.38 bits per heavy atom. The second kappa shape index (κ2) is 8.09. The number of nitrogens with one attached hydrogen (secondary N) is 2. The predicted octanol–water partition coefficient (Wildman–Crippen LogP) is 1.44. The summed E-state index contributed by atoms with van der Waals surface area (Å²) in [4.78, 5) is 30.5. The summed E-state index contributed by atoms with van der Waals surface area (Å²) in [6.45, 7) is 3.57. The van der Waals surface area contributed by atoms with Crippen molar-refractivity contribution in [1.82, 2.24) is 15.9 Å². The second-order valence-corrected chi connectivity index (χ2v) is 5.94. The Hall–Kier alpha value is -2.16. The SMILES string of the molecule is COc1cccc(CC[C@@H]2NC(=O)N([C@@H](ONO)C(C)C)C2=O)c1. The van der Waals surface area contributed by atoms with Gasteiger partial charge in [-0.2, -0.15) is 0 Å². The molecule has 3 amide bonds. The van der Waals surface area contributed by atoms with Crippen molar-refractivity contribution in [2.24, 2.45) is 5.92 Å². The number of carbonyl (C=O) groups is 2. The van der Waals surface area contributed by atoms with E-state index in [9.17, 15) is 9.59 Å². The van der Waals surface area contributed by atoms with Crippen LogP contribution in [0.2, 0.25) is 0 Å². The van der Waals surface area contributed by atoms with Gasteiger partial charge in [-0.1, -0.05) is 31.6 Å². The molecule has 132 valence electrons. The van der Waals surface area contributed by atoms with Crippen LogP contribution < -0.4 is 15.7 Å². The maximum atomic E-state index is 12.5. The lowest BCUT2D eigenvalue weighted by molar-refractivity contribution is -0.208. The van der Waals surface area contributed by atoms with Crippen molar-refractivity contribution in [2.45, 2.75) is 39.0 Å². The average Bonchev–Trinajstić information content (AvgIpc) is 2.84. The summed E-state index contributed by atoms with van der Waals surface area (Å²) >= 11 is 0. The number of hydrogen-bond donors (Lipinski definition) is 3. The van der Waals surface area contributed by atoms with E-state index in [0.717, 1.165) is 16.2 Å². The molecule has 2 rings (SSSR count). The van der Waals surface area contributed by atoms with Crippen LogP contribution >= 0.6 is 0 Å². The molecular weight excluding hydrogens is 314 g/mol. The molecule has 24 heavy (non-hydrogen) atoms. The number of amides is 3. The highest BCUT2D eigenvalue weighted by molar-refractivity contribution is 6.04. The number of methoxy groups -OCH3 is 1. The predicted molar refractivity (Wildman–Crippen MR) is 85.1 cm³/mol. The normalized spacial score (nSPS) is 18.9. The quantitative estimate of drug-likeness (QED) is 0.490. The number of rotatable bonds is 8. The van der Waals surface area contributed by atoms with Gasteiger partial charge in [-0.3, -0.25) is 14.8 Å². The molecule has 0 spiro atoms. The molecule has 0 unspecified atom stereocenters. The van der Waals surface area contributed by atoms with Crippen molar-refractivity contribution in [3.05, 3.63) is 29.8 Å². The maximum absolute atomic E-state index is 12.5. The molecule has 1 aliphatic rings. The van der Waals surface area contributed by atoms with Gasteiger partial charge < -0.3 is 10.1 Å². The van der Waals surface area contributed by atoms with Gasteiger partial charge in [-0.25, -0.2) is 9.69 Å². The molecular formula is C16H23N3O5. The lowest BCUT2D eigenvalue weighted by Gasteiger charge is -2.26. The molecule has 1 heterocycles. The lowest BCUT2D eigenvalue weighted by atomic mass is 10.0. The van der Waals surface area contributed by atoms with Gasteiger partial charge in [0.15, 0.2) is 6.23 Å². The number of carbonyl (C=O) groups excluding carboxylic acids is 2. The number of aryl methyl sites for hydroxylation is 1. The molecule has 1 aromatic rings. The standard InChI is InChI=1S/C16H23N3O5/c1-10(2)15(24-18-22)19-14(20)13(17-16(19)21)8-7-11-5-4-6-12(9-11)23-3/h4-6,9-10,13,15,18,22H,7-8H2,1-3H3,(H,17,21)/t13-,15-/m0/s1. The van der Waals surface area contributed by atoms with Gasteiger partial charge in [0.25, 0.3) is 5.91 Å². The zero-order chi connectivity index (χ0) is 17.7. The van der Waals surface area contributed by atoms with E-state index >= 15 is 0 Å². The van der Waals surface area contributed by atoms with Crippen molar-refractivity contribution in [3.8, 4) is 5.75 Å². The van der Waals surface area contributed by atoms with Gasteiger partial charge in [0.05, 0.1) is 7.11 Å². The summed E-state index contributed by atoms with van der Waals surface area (Å²) in [6, 6.07) is 6.42. The maximum Gasteiger partial charge on any atom is 0.327 e. The third kappa shape index (κ3) is 4.02. The fourth-order valence-corrected chi connectivity index (χ4v) is 2.66. The molecule has 3 N–H and O–H groups in total. The Labute approximate surface area is 140 Å². The highest BCUT2D eigenvalue weighted by Gasteiger charge is 2.43. The van der Waals surface area contributed by atoms with Crippen LogP contribution in [0, 0.1) is 5.92 Å². The smallest absolute Gasteiger partial charge is 0.327 e. The Bertz CT molecular complexity index is 593. The first kappa shape index (κ1) is 18.2. The Balaban J connectivity index is 2.02. The lowest BCUT2D eigenvalue weighted by Crippen LogP contribution is -2.47. The Morgan fingerprint density at radius 2 is 2.12 bits per heavy atom. The molecule has 8 heteroatoms. The topological polar surface area (TPSA) is 100 Å². The molecule has 0 saturated carbocycles. The van der Waals surface area contributed by atoms with Crippen molar-refractivity contribution in [1.29, 1.82) is 0 Å². The van der Waals surface area contributed by atoms with E-state index in [1.54, 1.807) is 26.6 Å².